The molecule has 31 heavy (non-hydrogen) atoms. The lowest BCUT2D eigenvalue weighted by Crippen LogP contribution is -2.15. The minimum absolute atomic E-state index is 0.502. The van der Waals surface area contributed by atoms with Gasteiger partial charge < -0.3 is 42.6 Å². The first-order valence-corrected chi connectivity index (χ1v) is 11.8. The van der Waals surface area contributed by atoms with E-state index >= 15 is 0 Å². The van der Waals surface area contributed by atoms with Crippen LogP contribution in [0.2, 0.25) is 0 Å². The highest BCUT2D eigenvalue weighted by molar-refractivity contribution is 6.18. The van der Waals surface area contributed by atoms with Crippen LogP contribution >= 0.6 is 23.2 Å². The Hall–Kier alpha value is 0.220. The average molecular weight is 495 g/mol. The molecule has 0 aliphatic heterocycles. The predicted molar refractivity (Wildman–Crippen MR) is 119 cm³/mol. The summed E-state index contributed by atoms with van der Waals surface area (Å²) in [4.78, 5) is 0. The van der Waals surface area contributed by atoms with E-state index in [0.717, 1.165) is 0 Å². The molecule has 0 aromatic carbocycles. The molecule has 0 bridgehead atoms. The van der Waals surface area contributed by atoms with Crippen molar-refractivity contribution in [2.75, 3.05) is 131 Å². The van der Waals surface area contributed by atoms with Crippen LogP contribution in [0.3, 0.4) is 0 Å². The third-order valence-corrected chi connectivity index (χ3v) is 3.73. The van der Waals surface area contributed by atoms with Crippen molar-refractivity contribution in [1.29, 1.82) is 0 Å². The molecule has 0 aromatic rings. The summed E-state index contributed by atoms with van der Waals surface area (Å²) in [5.41, 5.74) is 0. The lowest BCUT2D eigenvalue weighted by atomic mass is 10.6. The molecule has 9 nitrogen and oxygen atoms in total. The standard InChI is InChI=1S/C20H40Cl2O9/c21-1-3-23-5-7-25-9-11-27-13-15-29-17-19-31-20-18-30-16-14-28-12-10-26-8-6-24-4-2-22/h1-20H2. The number of rotatable bonds is 28. The molecule has 0 N–H and O–H groups in total. The number of hydrogen-bond acceptors (Lipinski definition) is 9. The van der Waals surface area contributed by atoms with Gasteiger partial charge in [-0.1, -0.05) is 0 Å². The number of ether oxygens (including phenoxy) is 9. The maximum Gasteiger partial charge on any atom is 0.0701 e. The Bertz CT molecular complexity index is 290. The van der Waals surface area contributed by atoms with Crippen molar-refractivity contribution in [3.05, 3.63) is 0 Å². The summed E-state index contributed by atoms with van der Waals surface area (Å²) in [6.45, 7) is 9.67. The lowest BCUT2D eigenvalue weighted by molar-refractivity contribution is -0.0245. The molecule has 0 unspecified atom stereocenters. The van der Waals surface area contributed by atoms with E-state index in [1.54, 1.807) is 0 Å². The molecule has 0 spiro atoms. The quantitative estimate of drug-likeness (QED) is 0.119. The van der Waals surface area contributed by atoms with Crippen LogP contribution in [0.4, 0.5) is 0 Å². The summed E-state index contributed by atoms with van der Waals surface area (Å²) in [6.07, 6.45) is 0. The zero-order chi connectivity index (χ0) is 22.5. The van der Waals surface area contributed by atoms with Crippen LogP contribution < -0.4 is 0 Å². The van der Waals surface area contributed by atoms with Crippen LogP contribution in [-0.4, -0.2) is 131 Å². The normalized spacial score (nSPS) is 11.4. The molecule has 0 aromatic heterocycles. The molecule has 0 radical (unpaired) electrons. The smallest absolute Gasteiger partial charge is 0.0701 e. The van der Waals surface area contributed by atoms with E-state index < -0.39 is 0 Å². The molecule has 0 amide bonds. The average Bonchev–Trinajstić information content (AvgIpc) is 2.78. The molecule has 0 saturated carbocycles. The van der Waals surface area contributed by atoms with E-state index in [1.165, 1.54) is 0 Å². The van der Waals surface area contributed by atoms with Gasteiger partial charge in [0.2, 0.25) is 0 Å². The summed E-state index contributed by atoms with van der Waals surface area (Å²) in [7, 11) is 0. The Morgan fingerprint density at radius 3 is 0.484 bits per heavy atom. The molecule has 0 aliphatic carbocycles. The van der Waals surface area contributed by atoms with Crippen molar-refractivity contribution in [1.82, 2.24) is 0 Å². The summed E-state index contributed by atoms with van der Waals surface area (Å²) >= 11 is 11.0. The molecule has 0 aliphatic rings. The van der Waals surface area contributed by atoms with Gasteiger partial charge >= 0.3 is 0 Å². The number of alkyl halides is 2. The Kier molecular flexibility index (Phi) is 30.4. The van der Waals surface area contributed by atoms with Gasteiger partial charge in [-0.2, -0.15) is 0 Å². The largest absolute Gasteiger partial charge is 0.378 e. The second kappa shape index (κ2) is 30.2. The first-order valence-electron chi connectivity index (χ1n) is 10.7. The maximum atomic E-state index is 5.49. The number of halogens is 2. The van der Waals surface area contributed by atoms with Crippen molar-refractivity contribution in [2.24, 2.45) is 0 Å². The summed E-state index contributed by atoms with van der Waals surface area (Å²) < 4.78 is 48.1. The first kappa shape index (κ1) is 31.2. The van der Waals surface area contributed by atoms with Crippen molar-refractivity contribution in [2.45, 2.75) is 0 Å². The van der Waals surface area contributed by atoms with Gasteiger partial charge in [-0.25, -0.2) is 0 Å². The zero-order valence-corrected chi connectivity index (χ0v) is 20.1. The Morgan fingerprint density at radius 2 is 0.355 bits per heavy atom. The first-order chi connectivity index (χ1) is 15.4. The fourth-order valence-electron chi connectivity index (χ4n) is 1.97. The highest BCUT2D eigenvalue weighted by Crippen LogP contribution is 1.86. The van der Waals surface area contributed by atoms with E-state index in [9.17, 15) is 0 Å². The third kappa shape index (κ3) is 30.2. The molecule has 11 heteroatoms. The van der Waals surface area contributed by atoms with Gasteiger partial charge in [0.1, 0.15) is 0 Å². The highest BCUT2D eigenvalue weighted by atomic mass is 35.5. The molecule has 0 atom stereocenters. The van der Waals surface area contributed by atoms with Gasteiger partial charge in [-0.05, 0) is 0 Å². The Morgan fingerprint density at radius 1 is 0.226 bits per heavy atom. The number of hydrogen-bond donors (Lipinski definition) is 0. The predicted octanol–water partition coefficient (Wildman–Crippen LogP) is 1.61. The van der Waals surface area contributed by atoms with Crippen LogP contribution in [-0.2, 0) is 42.6 Å². The Balaban J connectivity index is 2.98. The summed E-state index contributed by atoms with van der Waals surface area (Å²) in [5, 5.41) is 0. The van der Waals surface area contributed by atoms with Gasteiger partial charge in [-0.15, -0.1) is 23.2 Å². The molecule has 0 heterocycles. The molecular formula is C20H40Cl2O9. The van der Waals surface area contributed by atoms with Crippen LogP contribution in [0.5, 0.6) is 0 Å². The Labute approximate surface area is 196 Å². The highest BCUT2D eigenvalue weighted by Gasteiger charge is 1.95. The third-order valence-electron chi connectivity index (χ3n) is 3.42. The maximum absolute atomic E-state index is 5.49. The zero-order valence-electron chi connectivity index (χ0n) is 18.6. The molecule has 0 fully saturated rings. The van der Waals surface area contributed by atoms with Gasteiger partial charge in [0.25, 0.3) is 0 Å². The van der Waals surface area contributed by atoms with E-state index in [0.29, 0.717) is 131 Å². The topological polar surface area (TPSA) is 83.1 Å². The molecule has 188 valence electrons. The minimum Gasteiger partial charge on any atom is -0.378 e. The fourth-order valence-corrected chi connectivity index (χ4v) is 2.19. The SMILES string of the molecule is ClCCOCCOCCOCCOCCOCCOCCOCCOCCOCCCl. The van der Waals surface area contributed by atoms with Gasteiger partial charge in [0.05, 0.1) is 119 Å². The van der Waals surface area contributed by atoms with Crippen LogP contribution in [0, 0.1) is 0 Å². The van der Waals surface area contributed by atoms with Crippen molar-refractivity contribution in [3.63, 3.8) is 0 Å². The van der Waals surface area contributed by atoms with Crippen LogP contribution in [0.1, 0.15) is 0 Å². The van der Waals surface area contributed by atoms with Crippen molar-refractivity contribution < 1.29 is 42.6 Å². The lowest BCUT2D eigenvalue weighted by Gasteiger charge is -2.08. The van der Waals surface area contributed by atoms with Gasteiger partial charge in [0.15, 0.2) is 0 Å². The second-order valence-electron chi connectivity index (χ2n) is 5.89. The van der Waals surface area contributed by atoms with Crippen molar-refractivity contribution in [3.8, 4) is 0 Å². The van der Waals surface area contributed by atoms with Crippen LogP contribution in [0.25, 0.3) is 0 Å². The van der Waals surface area contributed by atoms with Gasteiger partial charge in [0, 0.05) is 11.8 Å². The van der Waals surface area contributed by atoms with Gasteiger partial charge in [-0.3, -0.25) is 0 Å². The van der Waals surface area contributed by atoms with Crippen LogP contribution in [0.15, 0.2) is 0 Å². The summed E-state index contributed by atoms with van der Waals surface area (Å²) in [5.74, 6) is 1.00. The summed E-state index contributed by atoms with van der Waals surface area (Å²) in [6, 6.07) is 0. The molecule has 0 rings (SSSR count). The van der Waals surface area contributed by atoms with E-state index in [2.05, 4.69) is 0 Å². The van der Waals surface area contributed by atoms with E-state index in [-0.39, 0.29) is 0 Å². The van der Waals surface area contributed by atoms with E-state index in [4.69, 9.17) is 65.8 Å². The molecule has 0 saturated heterocycles. The molecular weight excluding hydrogens is 455 g/mol. The minimum atomic E-state index is 0.502. The second-order valence-corrected chi connectivity index (χ2v) is 6.65. The van der Waals surface area contributed by atoms with Crippen molar-refractivity contribution >= 4 is 23.2 Å². The van der Waals surface area contributed by atoms with E-state index in [1.807, 2.05) is 0 Å². The fraction of sp³-hybridized carbons (Fsp3) is 1.00. The monoisotopic (exact) mass is 494 g/mol.